The maximum Gasteiger partial charge on any atom is 0.503 e. The van der Waals surface area contributed by atoms with Gasteiger partial charge in [-0.05, 0) is 65.6 Å². The molecule has 3 N–H and O–H groups in total. The molecule has 1 atom stereocenters. The van der Waals surface area contributed by atoms with Crippen molar-refractivity contribution < 1.29 is 29.4 Å². The van der Waals surface area contributed by atoms with Gasteiger partial charge in [0.05, 0.1) is 11.3 Å². The van der Waals surface area contributed by atoms with Gasteiger partial charge < -0.3 is 24.6 Å². The van der Waals surface area contributed by atoms with Crippen LogP contribution < -0.4 is 4.74 Å². The minimum atomic E-state index is -1.83. The highest BCUT2D eigenvalue weighted by atomic mass is 16.6. The fourth-order valence-electron chi connectivity index (χ4n) is 4.74. The SMILES string of the molecule is Cc1noc(-c2ccc(-c3ccc(C4CC4)cc3)cc2)c1C(O)c1ccc(OCc2ccccc2)cc1.O=C(O)O. The van der Waals surface area contributed by atoms with E-state index in [0.717, 1.165) is 33.9 Å². The molecule has 1 unspecified atom stereocenters. The number of hydrogen-bond donors (Lipinski definition) is 3. The first-order valence-corrected chi connectivity index (χ1v) is 13.4. The van der Waals surface area contributed by atoms with E-state index in [0.29, 0.717) is 23.6 Å². The Labute approximate surface area is 238 Å². The third-order valence-electron chi connectivity index (χ3n) is 7.07. The molecular weight excluding hydrogens is 518 g/mol. The summed E-state index contributed by atoms with van der Waals surface area (Å²) in [6.45, 7) is 2.36. The number of aryl methyl sites for hydroxylation is 1. The summed E-state index contributed by atoms with van der Waals surface area (Å²) in [5.41, 5.74) is 7.88. The Morgan fingerprint density at radius 3 is 2.00 bits per heavy atom. The van der Waals surface area contributed by atoms with E-state index in [1.165, 1.54) is 24.0 Å². The van der Waals surface area contributed by atoms with Gasteiger partial charge in [-0.3, -0.25) is 0 Å². The van der Waals surface area contributed by atoms with Gasteiger partial charge in [-0.25, -0.2) is 4.79 Å². The number of carboxylic acid groups (broad SMARTS) is 2. The van der Waals surface area contributed by atoms with Crippen LogP contribution in [0.2, 0.25) is 0 Å². The van der Waals surface area contributed by atoms with E-state index >= 15 is 0 Å². The van der Waals surface area contributed by atoms with E-state index in [-0.39, 0.29) is 0 Å². The second-order valence-electron chi connectivity index (χ2n) is 10.0. The summed E-state index contributed by atoms with van der Waals surface area (Å²) in [5, 5.41) is 29.4. The third-order valence-corrected chi connectivity index (χ3v) is 7.07. The van der Waals surface area contributed by atoms with Crippen LogP contribution in [0.15, 0.2) is 108 Å². The molecule has 208 valence electrons. The number of nitrogens with zero attached hydrogens (tertiary/aromatic N) is 1. The van der Waals surface area contributed by atoms with E-state index in [4.69, 9.17) is 24.3 Å². The molecule has 7 nitrogen and oxygen atoms in total. The molecule has 1 aliphatic carbocycles. The van der Waals surface area contributed by atoms with Crippen molar-refractivity contribution >= 4 is 6.16 Å². The average Bonchev–Trinajstić information content (AvgIpc) is 3.78. The van der Waals surface area contributed by atoms with Crippen LogP contribution in [0, 0.1) is 6.92 Å². The summed E-state index contributed by atoms with van der Waals surface area (Å²) in [4.78, 5) is 8.56. The predicted octanol–water partition coefficient (Wildman–Crippen LogP) is 8.08. The zero-order valence-corrected chi connectivity index (χ0v) is 22.6. The van der Waals surface area contributed by atoms with Crippen molar-refractivity contribution in [3.8, 4) is 28.2 Å². The van der Waals surface area contributed by atoms with Crippen LogP contribution >= 0.6 is 0 Å². The van der Waals surface area contributed by atoms with Gasteiger partial charge in [0.2, 0.25) is 0 Å². The molecule has 5 aromatic rings. The van der Waals surface area contributed by atoms with Crippen LogP contribution in [0.1, 0.15) is 52.8 Å². The Hall–Kier alpha value is -4.88. The summed E-state index contributed by atoms with van der Waals surface area (Å²) in [6.07, 6.45) is -0.0743. The van der Waals surface area contributed by atoms with E-state index in [2.05, 4.69) is 41.6 Å². The van der Waals surface area contributed by atoms with Crippen LogP contribution in [-0.4, -0.2) is 26.6 Å². The lowest BCUT2D eigenvalue weighted by atomic mass is 9.95. The van der Waals surface area contributed by atoms with Gasteiger partial charge in [0.1, 0.15) is 18.5 Å². The highest BCUT2D eigenvalue weighted by Crippen LogP contribution is 2.41. The summed E-state index contributed by atoms with van der Waals surface area (Å²) in [6, 6.07) is 34.7. The number of benzene rings is 4. The highest BCUT2D eigenvalue weighted by molar-refractivity contribution is 5.70. The van der Waals surface area contributed by atoms with Crippen molar-refractivity contribution in [2.24, 2.45) is 0 Å². The Kier molecular flexibility index (Phi) is 8.46. The van der Waals surface area contributed by atoms with E-state index in [1.54, 1.807) is 0 Å². The molecule has 4 aromatic carbocycles. The largest absolute Gasteiger partial charge is 0.503 e. The standard InChI is InChI=1S/C33H29NO3.CH2O3/c1-22-31(32(35)28-17-19-30(20-18-28)36-21-23-5-3-2-4-6-23)33(37-34-22)29-15-13-27(14-16-29)26-11-9-25(10-12-26)24-7-8-24;2-1(3)4/h2-6,9-20,24,32,35H,7-8,21H2,1H3;(H2,2,3,4). The Bertz CT molecular complexity index is 1570. The molecule has 0 amide bonds. The van der Waals surface area contributed by atoms with Crippen molar-refractivity contribution in [2.75, 3.05) is 0 Å². The summed E-state index contributed by atoms with van der Waals surface area (Å²) >= 11 is 0. The van der Waals surface area contributed by atoms with Gasteiger partial charge in [-0.15, -0.1) is 0 Å². The molecule has 1 aromatic heterocycles. The zero-order valence-electron chi connectivity index (χ0n) is 22.6. The lowest BCUT2D eigenvalue weighted by Crippen LogP contribution is -2.02. The molecule has 1 aliphatic rings. The zero-order chi connectivity index (χ0) is 28.8. The molecule has 1 fully saturated rings. The normalized spacial score (nSPS) is 13.1. The van der Waals surface area contributed by atoms with Gasteiger partial charge in [-0.2, -0.15) is 0 Å². The molecule has 0 aliphatic heterocycles. The molecule has 0 saturated heterocycles. The van der Waals surface area contributed by atoms with E-state index in [9.17, 15) is 5.11 Å². The van der Waals surface area contributed by atoms with Crippen LogP contribution in [-0.2, 0) is 6.61 Å². The molecule has 0 radical (unpaired) electrons. The number of carbonyl (C=O) groups is 1. The molecular formula is C34H31NO6. The minimum absolute atomic E-state index is 0.498. The van der Waals surface area contributed by atoms with Crippen molar-refractivity contribution in [1.29, 1.82) is 0 Å². The molecule has 7 heteroatoms. The summed E-state index contributed by atoms with van der Waals surface area (Å²) in [5.74, 6) is 2.10. The predicted molar refractivity (Wildman–Crippen MR) is 156 cm³/mol. The summed E-state index contributed by atoms with van der Waals surface area (Å²) in [7, 11) is 0. The first-order chi connectivity index (χ1) is 19.9. The van der Waals surface area contributed by atoms with Gasteiger partial charge in [0.15, 0.2) is 5.76 Å². The maximum absolute atomic E-state index is 11.3. The van der Waals surface area contributed by atoms with Crippen molar-refractivity contribution in [3.63, 3.8) is 0 Å². The lowest BCUT2D eigenvalue weighted by Gasteiger charge is -2.13. The minimum Gasteiger partial charge on any atom is -0.489 e. The van der Waals surface area contributed by atoms with Gasteiger partial charge in [0, 0.05) is 5.56 Å². The molecule has 6 rings (SSSR count). The average molecular weight is 550 g/mol. The summed E-state index contributed by atoms with van der Waals surface area (Å²) < 4.78 is 11.6. The van der Waals surface area contributed by atoms with Gasteiger partial charge in [0.25, 0.3) is 0 Å². The molecule has 0 bridgehead atoms. The molecule has 1 saturated carbocycles. The first kappa shape index (κ1) is 27.7. The van der Waals surface area contributed by atoms with E-state index in [1.807, 2.05) is 73.7 Å². The lowest BCUT2D eigenvalue weighted by molar-refractivity contribution is 0.137. The Morgan fingerprint density at radius 1 is 0.854 bits per heavy atom. The van der Waals surface area contributed by atoms with Crippen molar-refractivity contribution in [3.05, 3.63) is 131 Å². The Morgan fingerprint density at radius 2 is 1.41 bits per heavy atom. The number of rotatable bonds is 8. The van der Waals surface area contributed by atoms with Crippen molar-refractivity contribution in [1.82, 2.24) is 5.16 Å². The quantitative estimate of drug-likeness (QED) is 0.179. The number of aromatic nitrogens is 1. The number of ether oxygens (including phenoxy) is 1. The van der Waals surface area contributed by atoms with Crippen LogP contribution in [0.3, 0.4) is 0 Å². The Balaban J connectivity index is 0.000000794. The second kappa shape index (κ2) is 12.5. The highest BCUT2D eigenvalue weighted by Gasteiger charge is 2.24. The van der Waals surface area contributed by atoms with Gasteiger partial charge >= 0.3 is 6.16 Å². The molecule has 0 spiro atoms. The third kappa shape index (κ3) is 7.01. The smallest absolute Gasteiger partial charge is 0.489 e. The van der Waals surface area contributed by atoms with Crippen LogP contribution in [0.4, 0.5) is 4.79 Å². The fourth-order valence-corrected chi connectivity index (χ4v) is 4.74. The number of aliphatic hydroxyl groups excluding tert-OH is 1. The first-order valence-electron chi connectivity index (χ1n) is 13.4. The number of hydrogen-bond acceptors (Lipinski definition) is 5. The monoisotopic (exact) mass is 549 g/mol. The van der Waals surface area contributed by atoms with Crippen LogP contribution in [0.25, 0.3) is 22.5 Å². The maximum atomic E-state index is 11.3. The van der Waals surface area contributed by atoms with Crippen LogP contribution in [0.5, 0.6) is 5.75 Å². The van der Waals surface area contributed by atoms with E-state index < -0.39 is 12.3 Å². The molecule has 41 heavy (non-hydrogen) atoms. The fraction of sp³-hybridized carbons (Fsp3) is 0.176. The van der Waals surface area contributed by atoms with Crippen molar-refractivity contribution in [2.45, 2.75) is 38.4 Å². The topological polar surface area (TPSA) is 113 Å². The van der Waals surface area contributed by atoms with Gasteiger partial charge in [-0.1, -0.05) is 96.2 Å². The molecule has 1 heterocycles. The second-order valence-corrected chi connectivity index (χ2v) is 10.0. The number of aliphatic hydroxyl groups is 1.